The van der Waals surface area contributed by atoms with Crippen molar-refractivity contribution >= 4 is 5.91 Å². The van der Waals surface area contributed by atoms with Gasteiger partial charge in [0, 0.05) is 25.0 Å². The Hall–Kier alpha value is -0.570. The van der Waals surface area contributed by atoms with Crippen LogP contribution in [0.4, 0.5) is 0 Å². The lowest BCUT2D eigenvalue weighted by molar-refractivity contribution is -0.133. The number of rotatable bonds is 2. The smallest absolute Gasteiger partial charge is 0.226 e. The van der Waals surface area contributed by atoms with Gasteiger partial charge in [0.15, 0.2) is 0 Å². The standard InChI is InChI=1S/C10H18N2O/c1-7-5-9(7)10(13)12-4-2-3-8(12)6-11/h7-9H,2-6,11H2,1H3/t7?,8-,9?/m1/s1. The van der Waals surface area contributed by atoms with Crippen molar-refractivity contribution < 1.29 is 4.79 Å². The predicted octanol–water partition coefficient (Wildman–Crippen LogP) is 0.592. The van der Waals surface area contributed by atoms with Crippen LogP contribution in [0.25, 0.3) is 0 Å². The molecule has 2 rings (SSSR count). The van der Waals surface area contributed by atoms with Crippen LogP contribution in [0.15, 0.2) is 0 Å². The fourth-order valence-electron chi connectivity index (χ4n) is 2.25. The van der Waals surface area contributed by atoms with Gasteiger partial charge in [-0.05, 0) is 25.2 Å². The second-order valence-corrected chi connectivity index (χ2v) is 4.38. The summed E-state index contributed by atoms with van der Waals surface area (Å²) < 4.78 is 0. The Labute approximate surface area is 79.3 Å². The maximum absolute atomic E-state index is 11.9. The zero-order chi connectivity index (χ0) is 9.42. The molecule has 0 spiro atoms. The lowest BCUT2D eigenvalue weighted by atomic mass is 10.2. The molecule has 1 aliphatic heterocycles. The molecule has 0 aromatic carbocycles. The lowest BCUT2D eigenvalue weighted by Crippen LogP contribution is -2.40. The molecular weight excluding hydrogens is 164 g/mol. The molecule has 1 heterocycles. The number of likely N-dealkylation sites (tertiary alicyclic amines) is 1. The normalized spacial score (nSPS) is 38.0. The number of nitrogens with zero attached hydrogens (tertiary/aromatic N) is 1. The van der Waals surface area contributed by atoms with E-state index in [4.69, 9.17) is 5.73 Å². The summed E-state index contributed by atoms with van der Waals surface area (Å²) in [6, 6.07) is 0.334. The van der Waals surface area contributed by atoms with Crippen LogP contribution in [0.2, 0.25) is 0 Å². The second-order valence-electron chi connectivity index (χ2n) is 4.38. The predicted molar refractivity (Wildman–Crippen MR) is 51.1 cm³/mol. The molecule has 1 aliphatic carbocycles. The van der Waals surface area contributed by atoms with E-state index in [0.717, 1.165) is 25.8 Å². The lowest BCUT2D eigenvalue weighted by Gasteiger charge is -2.23. The van der Waals surface area contributed by atoms with Crippen LogP contribution >= 0.6 is 0 Å². The third-order valence-electron chi connectivity index (χ3n) is 3.36. The van der Waals surface area contributed by atoms with Crippen molar-refractivity contribution in [1.29, 1.82) is 0 Å². The molecule has 2 unspecified atom stereocenters. The first-order chi connectivity index (χ1) is 6.24. The van der Waals surface area contributed by atoms with E-state index in [9.17, 15) is 4.79 Å². The third-order valence-corrected chi connectivity index (χ3v) is 3.36. The molecule has 13 heavy (non-hydrogen) atoms. The molecule has 3 heteroatoms. The first-order valence-corrected chi connectivity index (χ1v) is 5.24. The number of hydrogen-bond acceptors (Lipinski definition) is 2. The maximum Gasteiger partial charge on any atom is 0.226 e. The molecule has 1 saturated carbocycles. The van der Waals surface area contributed by atoms with E-state index in [2.05, 4.69) is 6.92 Å². The Balaban J connectivity index is 1.95. The Morgan fingerprint density at radius 1 is 1.62 bits per heavy atom. The van der Waals surface area contributed by atoms with Gasteiger partial charge in [-0.1, -0.05) is 6.92 Å². The van der Waals surface area contributed by atoms with Crippen molar-refractivity contribution in [2.45, 2.75) is 32.2 Å². The van der Waals surface area contributed by atoms with Gasteiger partial charge in [0.05, 0.1) is 0 Å². The summed E-state index contributed by atoms with van der Waals surface area (Å²) in [4.78, 5) is 13.9. The number of carbonyl (C=O) groups excluding carboxylic acids is 1. The molecule has 74 valence electrons. The summed E-state index contributed by atoms with van der Waals surface area (Å²) in [7, 11) is 0. The molecule has 2 fully saturated rings. The van der Waals surface area contributed by atoms with Gasteiger partial charge >= 0.3 is 0 Å². The van der Waals surface area contributed by atoms with Crippen molar-refractivity contribution in [2.24, 2.45) is 17.6 Å². The van der Waals surface area contributed by atoms with E-state index in [1.54, 1.807) is 0 Å². The molecule has 0 aromatic heterocycles. The van der Waals surface area contributed by atoms with Gasteiger partial charge in [-0.2, -0.15) is 0 Å². The third kappa shape index (κ3) is 1.57. The molecule has 1 amide bonds. The van der Waals surface area contributed by atoms with Gasteiger partial charge < -0.3 is 10.6 Å². The van der Waals surface area contributed by atoms with E-state index in [1.165, 1.54) is 0 Å². The highest BCUT2D eigenvalue weighted by molar-refractivity contribution is 5.82. The quantitative estimate of drug-likeness (QED) is 0.679. The molecule has 2 aliphatic rings. The molecule has 3 atom stereocenters. The largest absolute Gasteiger partial charge is 0.338 e. The van der Waals surface area contributed by atoms with Gasteiger partial charge in [0.25, 0.3) is 0 Å². The van der Waals surface area contributed by atoms with Crippen LogP contribution in [0, 0.1) is 11.8 Å². The summed E-state index contributed by atoms with van der Waals surface area (Å²) in [6.07, 6.45) is 3.32. The minimum Gasteiger partial charge on any atom is -0.338 e. The molecule has 0 radical (unpaired) electrons. The summed E-state index contributed by atoms with van der Waals surface area (Å²) in [5.41, 5.74) is 5.62. The number of amides is 1. The van der Waals surface area contributed by atoms with Crippen LogP contribution in [0.3, 0.4) is 0 Å². The highest BCUT2D eigenvalue weighted by Crippen LogP contribution is 2.40. The van der Waals surface area contributed by atoms with Crippen LogP contribution < -0.4 is 5.73 Å². The first kappa shape index (κ1) is 9.00. The van der Waals surface area contributed by atoms with E-state index >= 15 is 0 Å². The van der Waals surface area contributed by atoms with Gasteiger partial charge in [0.1, 0.15) is 0 Å². The van der Waals surface area contributed by atoms with Crippen molar-refractivity contribution in [3.63, 3.8) is 0 Å². The molecular formula is C10H18N2O. The average molecular weight is 182 g/mol. The zero-order valence-electron chi connectivity index (χ0n) is 8.20. The highest BCUT2D eigenvalue weighted by atomic mass is 16.2. The zero-order valence-corrected chi connectivity index (χ0v) is 8.20. The monoisotopic (exact) mass is 182 g/mol. The van der Waals surface area contributed by atoms with Gasteiger partial charge in [-0.25, -0.2) is 0 Å². The van der Waals surface area contributed by atoms with Crippen LogP contribution in [-0.4, -0.2) is 29.9 Å². The van der Waals surface area contributed by atoms with E-state index in [1.807, 2.05) is 4.90 Å². The summed E-state index contributed by atoms with van der Waals surface area (Å²) in [6.45, 7) is 3.72. The average Bonchev–Trinajstić information content (AvgIpc) is 2.70. The molecule has 1 saturated heterocycles. The summed E-state index contributed by atoms with van der Waals surface area (Å²) >= 11 is 0. The fourth-order valence-corrected chi connectivity index (χ4v) is 2.25. The molecule has 3 nitrogen and oxygen atoms in total. The van der Waals surface area contributed by atoms with E-state index in [0.29, 0.717) is 30.3 Å². The second kappa shape index (κ2) is 3.29. The number of hydrogen-bond donors (Lipinski definition) is 1. The Morgan fingerprint density at radius 3 is 2.85 bits per heavy atom. The van der Waals surface area contributed by atoms with Crippen molar-refractivity contribution in [1.82, 2.24) is 4.90 Å². The molecule has 2 N–H and O–H groups in total. The van der Waals surface area contributed by atoms with Crippen LogP contribution in [0.5, 0.6) is 0 Å². The van der Waals surface area contributed by atoms with E-state index in [-0.39, 0.29) is 0 Å². The Kier molecular flexibility index (Phi) is 2.28. The van der Waals surface area contributed by atoms with Crippen molar-refractivity contribution in [2.75, 3.05) is 13.1 Å². The molecule has 0 aromatic rings. The maximum atomic E-state index is 11.9. The van der Waals surface area contributed by atoms with E-state index < -0.39 is 0 Å². The van der Waals surface area contributed by atoms with Crippen molar-refractivity contribution in [3.8, 4) is 0 Å². The Morgan fingerprint density at radius 2 is 2.31 bits per heavy atom. The fraction of sp³-hybridized carbons (Fsp3) is 0.900. The Bertz CT molecular complexity index is 217. The van der Waals surface area contributed by atoms with Crippen LogP contribution in [0.1, 0.15) is 26.2 Å². The molecule has 0 bridgehead atoms. The minimum absolute atomic E-state index is 0.326. The number of carbonyl (C=O) groups is 1. The summed E-state index contributed by atoms with van der Waals surface area (Å²) in [5, 5.41) is 0. The first-order valence-electron chi connectivity index (χ1n) is 5.24. The van der Waals surface area contributed by atoms with Crippen molar-refractivity contribution in [3.05, 3.63) is 0 Å². The van der Waals surface area contributed by atoms with Gasteiger partial charge in [-0.3, -0.25) is 4.79 Å². The van der Waals surface area contributed by atoms with Gasteiger partial charge in [0.2, 0.25) is 5.91 Å². The summed E-state index contributed by atoms with van der Waals surface area (Å²) in [5.74, 6) is 1.30. The minimum atomic E-state index is 0.326. The van der Waals surface area contributed by atoms with Crippen LogP contribution in [-0.2, 0) is 4.79 Å². The SMILES string of the molecule is CC1CC1C(=O)N1CCC[C@@H]1CN. The highest BCUT2D eigenvalue weighted by Gasteiger charge is 2.43. The topological polar surface area (TPSA) is 46.3 Å². The van der Waals surface area contributed by atoms with Gasteiger partial charge in [-0.15, -0.1) is 0 Å². The number of nitrogens with two attached hydrogens (primary N) is 1.